The number of nitrogens with one attached hydrogen (secondary N) is 1. The van der Waals surface area contributed by atoms with Crippen LogP contribution in [0.2, 0.25) is 0 Å². The number of nitrogens with zero attached hydrogens (tertiary/aromatic N) is 3. The summed E-state index contributed by atoms with van der Waals surface area (Å²) >= 11 is 0. The second-order valence-electron chi connectivity index (χ2n) is 10.7. The second kappa shape index (κ2) is 12.6. The molecule has 2 saturated heterocycles. The highest BCUT2D eigenvalue weighted by Crippen LogP contribution is 2.26. The molecule has 0 bridgehead atoms. The molecule has 0 unspecified atom stereocenters. The van der Waals surface area contributed by atoms with E-state index < -0.39 is 0 Å². The number of rotatable bonds is 9. The molecular weight excluding hydrogens is 476 g/mol. The number of pyridine rings is 1. The van der Waals surface area contributed by atoms with E-state index in [9.17, 15) is 9.59 Å². The molecule has 2 fully saturated rings. The minimum atomic E-state index is -0.327. The van der Waals surface area contributed by atoms with Gasteiger partial charge in [0.25, 0.3) is 5.56 Å². The first-order chi connectivity index (χ1) is 18.6. The number of amides is 1. The second-order valence-corrected chi connectivity index (χ2v) is 10.7. The molecule has 1 amide bonds. The quantitative estimate of drug-likeness (QED) is 0.444. The Kier molecular flexibility index (Phi) is 8.76. The van der Waals surface area contributed by atoms with E-state index >= 15 is 0 Å². The number of hydrogen-bond acceptors (Lipinski definition) is 5. The number of hydrogen-bond donors (Lipinski definition) is 1. The van der Waals surface area contributed by atoms with Crippen LogP contribution in [0.5, 0.6) is 11.5 Å². The third-order valence-corrected chi connectivity index (χ3v) is 7.85. The minimum Gasteiger partial charge on any atom is -0.457 e. The van der Waals surface area contributed by atoms with Gasteiger partial charge in [0.05, 0.1) is 11.6 Å². The highest BCUT2D eigenvalue weighted by Gasteiger charge is 2.22. The number of piperidine rings is 2. The van der Waals surface area contributed by atoms with Crippen molar-refractivity contribution in [3.63, 3.8) is 0 Å². The van der Waals surface area contributed by atoms with E-state index in [1.807, 2.05) is 71.0 Å². The summed E-state index contributed by atoms with van der Waals surface area (Å²) in [6.07, 6.45) is 7.06. The van der Waals surface area contributed by atoms with Crippen molar-refractivity contribution in [2.45, 2.75) is 64.6 Å². The molecule has 5 rings (SSSR count). The Labute approximate surface area is 225 Å². The van der Waals surface area contributed by atoms with Crippen LogP contribution >= 0.6 is 0 Å². The van der Waals surface area contributed by atoms with Crippen LogP contribution < -0.4 is 15.6 Å². The molecule has 3 aromatic rings. The molecule has 2 aliphatic heterocycles. The fraction of sp³-hybridized carbons (Fsp3) is 0.484. The highest BCUT2D eigenvalue weighted by molar-refractivity contribution is 5.82. The smallest absolute Gasteiger partial charge is 0.255 e. The van der Waals surface area contributed by atoms with Gasteiger partial charge in [-0.3, -0.25) is 9.59 Å². The predicted molar refractivity (Wildman–Crippen MR) is 152 cm³/mol. The average Bonchev–Trinajstić information content (AvgIpc) is 2.97. The van der Waals surface area contributed by atoms with Crippen molar-refractivity contribution < 1.29 is 9.53 Å². The summed E-state index contributed by atoms with van der Waals surface area (Å²) in [5, 5.41) is 4.33. The summed E-state index contributed by atoms with van der Waals surface area (Å²) in [5.74, 6) is 1.60. The molecule has 0 saturated carbocycles. The van der Waals surface area contributed by atoms with Gasteiger partial charge in [0.2, 0.25) is 5.91 Å². The van der Waals surface area contributed by atoms with Gasteiger partial charge >= 0.3 is 0 Å². The Hall–Kier alpha value is -3.16. The van der Waals surface area contributed by atoms with Crippen molar-refractivity contribution in [2.24, 2.45) is 0 Å². The Morgan fingerprint density at radius 1 is 0.868 bits per heavy atom. The van der Waals surface area contributed by atoms with E-state index in [-0.39, 0.29) is 17.5 Å². The van der Waals surface area contributed by atoms with Crippen LogP contribution in [0.15, 0.2) is 59.4 Å². The number of fused-ring (bicyclic) bond motifs is 1. The van der Waals surface area contributed by atoms with E-state index in [0.29, 0.717) is 24.4 Å². The van der Waals surface area contributed by atoms with Gasteiger partial charge in [-0.2, -0.15) is 0 Å². The predicted octanol–water partition coefficient (Wildman–Crippen LogP) is 4.77. The lowest BCUT2D eigenvalue weighted by Crippen LogP contribution is -2.47. The minimum absolute atomic E-state index is 0.00325. The Balaban J connectivity index is 1.39. The highest BCUT2D eigenvalue weighted by atomic mass is 16.5. The van der Waals surface area contributed by atoms with Gasteiger partial charge in [0.1, 0.15) is 11.5 Å². The van der Waals surface area contributed by atoms with Crippen LogP contribution in [0, 0.1) is 0 Å². The third-order valence-electron chi connectivity index (χ3n) is 7.85. The first kappa shape index (κ1) is 26.4. The molecule has 0 aliphatic carbocycles. The third kappa shape index (κ3) is 6.45. The number of carbonyl (C=O) groups is 1. The topological polar surface area (TPSA) is 66.8 Å². The van der Waals surface area contributed by atoms with Crippen LogP contribution in [0.25, 0.3) is 10.9 Å². The largest absolute Gasteiger partial charge is 0.457 e. The molecule has 1 aromatic heterocycles. The Morgan fingerprint density at radius 2 is 1.58 bits per heavy atom. The molecule has 38 heavy (non-hydrogen) atoms. The van der Waals surface area contributed by atoms with Gasteiger partial charge in [-0.25, -0.2) is 0 Å². The average molecular weight is 517 g/mol. The Bertz CT molecular complexity index is 1280. The molecule has 1 atom stereocenters. The number of carbonyl (C=O) groups excluding carboxylic acids is 1. The van der Waals surface area contributed by atoms with E-state index in [2.05, 4.69) is 10.2 Å². The zero-order valence-corrected chi connectivity index (χ0v) is 22.5. The lowest BCUT2D eigenvalue weighted by molar-refractivity contribution is -0.133. The molecular formula is C31H40N4O3. The molecule has 0 spiro atoms. The maximum absolute atomic E-state index is 13.8. The van der Waals surface area contributed by atoms with Gasteiger partial charge in [0.15, 0.2) is 0 Å². The Morgan fingerprint density at radius 3 is 2.32 bits per heavy atom. The summed E-state index contributed by atoms with van der Waals surface area (Å²) in [6, 6.07) is 17.3. The molecule has 7 heteroatoms. The van der Waals surface area contributed by atoms with Crippen LogP contribution in [0.1, 0.15) is 51.0 Å². The van der Waals surface area contributed by atoms with Crippen molar-refractivity contribution in [1.29, 1.82) is 0 Å². The molecule has 1 N–H and O–H groups in total. The van der Waals surface area contributed by atoms with Crippen LogP contribution in [-0.4, -0.2) is 59.0 Å². The number of benzene rings is 2. The summed E-state index contributed by atoms with van der Waals surface area (Å²) in [6.45, 7) is 7.58. The fourth-order valence-corrected chi connectivity index (χ4v) is 5.61. The molecule has 7 nitrogen and oxygen atoms in total. The molecule has 2 aromatic carbocycles. The number of likely N-dealkylation sites (tertiary alicyclic amines) is 2. The van der Waals surface area contributed by atoms with Crippen LogP contribution in [0.3, 0.4) is 0 Å². The fourth-order valence-electron chi connectivity index (χ4n) is 5.61. The standard InChI is InChI=1S/C31H40N4O3/c1-24(30(36)34-17-9-4-10-18-34)32-23-26-21-25-13-14-28(38-27-11-5-2-6-12-27)22-29(25)35(31(26)37)20-19-33-15-7-3-8-16-33/h2,5-6,11-14,21-22,24,32H,3-4,7-10,15-20,23H2,1H3/t24-/m0/s1. The molecule has 202 valence electrons. The van der Waals surface area contributed by atoms with Gasteiger partial charge < -0.3 is 24.4 Å². The summed E-state index contributed by atoms with van der Waals surface area (Å²) in [7, 11) is 0. The maximum atomic E-state index is 13.8. The van der Waals surface area contributed by atoms with E-state index in [1.165, 1.54) is 25.7 Å². The SMILES string of the molecule is C[C@H](NCc1cc2ccc(Oc3ccccc3)cc2n(CCN2CCCCC2)c1=O)C(=O)N1CCCCC1. The molecule has 0 radical (unpaired) electrons. The number of para-hydroxylation sites is 1. The lowest BCUT2D eigenvalue weighted by atomic mass is 10.1. The molecule has 3 heterocycles. The van der Waals surface area contributed by atoms with Crippen molar-refractivity contribution >= 4 is 16.8 Å². The number of ether oxygens (including phenoxy) is 1. The van der Waals surface area contributed by atoms with Crippen molar-refractivity contribution in [1.82, 2.24) is 19.7 Å². The van der Waals surface area contributed by atoms with Gasteiger partial charge in [-0.15, -0.1) is 0 Å². The van der Waals surface area contributed by atoms with Gasteiger partial charge in [0, 0.05) is 44.4 Å². The maximum Gasteiger partial charge on any atom is 0.255 e. The summed E-state index contributed by atoms with van der Waals surface area (Å²) in [5.41, 5.74) is 1.56. The van der Waals surface area contributed by atoms with Crippen molar-refractivity contribution in [3.8, 4) is 11.5 Å². The zero-order valence-electron chi connectivity index (χ0n) is 22.5. The lowest BCUT2D eigenvalue weighted by Gasteiger charge is -2.29. The van der Waals surface area contributed by atoms with E-state index in [4.69, 9.17) is 4.74 Å². The molecule has 2 aliphatic rings. The van der Waals surface area contributed by atoms with Gasteiger partial charge in [-0.1, -0.05) is 24.6 Å². The van der Waals surface area contributed by atoms with Crippen LogP contribution in [0.4, 0.5) is 0 Å². The van der Waals surface area contributed by atoms with Crippen LogP contribution in [-0.2, 0) is 17.9 Å². The van der Waals surface area contributed by atoms with E-state index in [1.54, 1.807) is 0 Å². The monoisotopic (exact) mass is 516 g/mol. The van der Waals surface area contributed by atoms with E-state index in [0.717, 1.165) is 62.2 Å². The number of aromatic nitrogens is 1. The summed E-state index contributed by atoms with van der Waals surface area (Å²) in [4.78, 5) is 31.1. The van der Waals surface area contributed by atoms with Crippen molar-refractivity contribution in [2.75, 3.05) is 32.7 Å². The zero-order chi connectivity index (χ0) is 26.3. The summed E-state index contributed by atoms with van der Waals surface area (Å²) < 4.78 is 7.99. The van der Waals surface area contributed by atoms with Crippen molar-refractivity contribution in [3.05, 3.63) is 70.5 Å². The van der Waals surface area contributed by atoms with Gasteiger partial charge in [-0.05, 0) is 87.8 Å². The normalized spacial score (nSPS) is 17.4. The first-order valence-electron chi connectivity index (χ1n) is 14.2. The first-order valence-corrected chi connectivity index (χ1v) is 14.2.